The molecule has 4 rings (SSSR count). The summed E-state index contributed by atoms with van der Waals surface area (Å²) >= 11 is 6.01. The summed E-state index contributed by atoms with van der Waals surface area (Å²) in [5.41, 5.74) is 3.65. The van der Waals surface area contributed by atoms with Gasteiger partial charge >= 0.3 is 5.97 Å². The van der Waals surface area contributed by atoms with Crippen molar-refractivity contribution in [1.29, 1.82) is 0 Å². The van der Waals surface area contributed by atoms with Crippen molar-refractivity contribution in [3.05, 3.63) is 94.7 Å². The first-order valence-corrected chi connectivity index (χ1v) is 11.1. The van der Waals surface area contributed by atoms with E-state index in [1.807, 2.05) is 30.3 Å². The van der Waals surface area contributed by atoms with Crippen LogP contribution in [-0.2, 0) is 13.0 Å². The molecule has 2 aromatic heterocycles. The molecule has 0 aliphatic heterocycles. The molecule has 0 bridgehead atoms. The molecule has 0 amide bonds. The molecule has 3 N–H and O–H groups in total. The number of halogens is 1. The van der Waals surface area contributed by atoms with E-state index in [9.17, 15) is 15.0 Å². The lowest BCUT2D eigenvalue weighted by atomic mass is 10.0. The van der Waals surface area contributed by atoms with E-state index in [1.165, 1.54) is 6.33 Å². The normalized spacial score (nSPS) is 13.2. The maximum absolute atomic E-state index is 11.8. The van der Waals surface area contributed by atoms with Gasteiger partial charge in [0.05, 0.1) is 18.3 Å². The van der Waals surface area contributed by atoms with E-state index in [0.29, 0.717) is 18.1 Å². The summed E-state index contributed by atoms with van der Waals surface area (Å²) < 4.78 is 1.76. The first-order chi connectivity index (χ1) is 15.9. The number of nitrogens with one attached hydrogen (secondary N) is 1. The largest absolute Gasteiger partial charge is 0.477 e. The summed E-state index contributed by atoms with van der Waals surface area (Å²) in [6.07, 6.45) is 3.18. The van der Waals surface area contributed by atoms with Crippen molar-refractivity contribution in [2.75, 3.05) is 6.54 Å². The maximum atomic E-state index is 11.8. The summed E-state index contributed by atoms with van der Waals surface area (Å²) in [7, 11) is 0. The molecule has 0 unspecified atom stereocenters. The average molecular weight is 465 g/mol. The number of carboxylic acid groups (broad SMARTS) is 1. The van der Waals surface area contributed by atoms with Crippen molar-refractivity contribution >= 4 is 28.5 Å². The van der Waals surface area contributed by atoms with Crippen LogP contribution in [-0.4, -0.2) is 43.3 Å². The van der Waals surface area contributed by atoms with E-state index in [2.05, 4.69) is 22.2 Å². The highest BCUT2D eigenvalue weighted by molar-refractivity contribution is 6.30. The molecule has 8 heteroatoms. The highest BCUT2D eigenvalue weighted by Gasteiger charge is 2.16. The van der Waals surface area contributed by atoms with E-state index in [4.69, 9.17) is 11.6 Å². The van der Waals surface area contributed by atoms with Crippen molar-refractivity contribution in [3.8, 4) is 0 Å². The molecule has 0 spiro atoms. The van der Waals surface area contributed by atoms with Gasteiger partial charge in [-0.2, -0.15) is 0 Å². The lowest BCUT2D eigenvalue weighted by Crippen LogP contribution is -2.32. The molecule has 0 aliphatic rings. The third kappa shape index (κ3) is 5.57. The summed E-state index contributed by atoms with van der Waals surface area (Å²) in [6.45, 7) is 2.81. The van der Waals surface area contributed by atoms with Crippen molar-refractivity contribution in [3.63, 3.8) is 0 Å². The fraction of sp³-hybridized carbons (Fsp3) is 0.240. The van der Waals surface area contributed by atoms with E-state index in [-0.39, 0.29) is 11.7 Å². The topological polar surface area (TPSA) is 100 Å². The van der Waals surface area contributed by atoms with Gasteiger partial charge < -0.3 is 20.1 Å². The summed E-state index contributed by atoms with van der Waals surface area (Å²) in [5, 5.41) is 24.9. The number of benzene rings is 2. The first kappa shape index (κ1) is 22.9. The van der Waals surface area contributed by atoms with Crippen LogP contribution in [0.25, 0.3) is 10.9 Å². The molecule has 170 valence electrons. The number of hydrogen-bond donors (Lipinski definition) is 3. The molecule has 0 saturated carbocycles. The van der Waals surface area contributed by atoms with Crippen LogP contribution in [0.1, 0.15) is 40.3 Å². The number of rotatable bonds is 9. The monoisotopic (exact) mass is 464 g/mol. The van der Waals surface area contributed by atoms with Crippen LogP contribution in [0.4, 0.5) is 0 Å². The van der Waals surface area contributed by atoms with Crippen molar-refractivity contribution in [2.24, 2.45) is 0 Å². The summed E-state index contributed by atoms with van der Waals surface area (Å²) in [4.78, 5) is 20.0. The van der Waals surface area contributed by atoms with E-state index in [0.717, 1.165) is 34.1 Å². The van der Waals surface area contributed by atoms with Crippen LogP contribution in [0.15, 0.2) is 67.1 Å². The van der Waals surface area contributed by atoms with Crippen LogP contribution in [0, 0.1) is 0 Å². The Hall–Kier alpha value is -3.26. The fourth-order valence-corrected chi connectivity index (χ4v) is 4.14. The Morgan fingerprint density at radius 1 is 1.18 bits per heavy atom. The lowest BCUT2D eigenvalue weighted by Gasteiger charge is -2.18. The zero-order valence-corrected chi connectivity index (χ0v) is 18.9. The molecular weight excluding hydrogens is 440 g/mol. The van der Waals surface area contributed by atoms with Gasteiger partial charge in [0.15, 0.2) is 0 Å². The molecule has 7 nitrogen and oxygen atoms in total. The smallest absolute Gasteiger partial charge is 0.352 e. The first-order valence-electron chi connectivity index (χ1n) is 10.7. The number of fused-ring (bicyclic) bond motifs is 1. The minimum atomic E-state index is -0.980. The lowest BCUT2D eigenvalue weighted by molar-refractivity contribution is 0.0686. The van der Waals surface area contributed by atoms with Gasteiger partial charge in [0, 0.05) is 34.7 Å². The Morgan fingerprint density at radius 3 is 2.76 bits per heavy atom. The van der Waals surface area contributed by atoms with Crippen LogP contribution >= 0.6 is 11.6 Å². The van der Waals surface area contributed by atoms with Crippen LogP contribution in [0.3, 0.4) is 0 Å². The third-order valence-electron chi connectivity index (χ3n) is 5.58. The standard InChI is InChI=1S/C25H25ClN4O3/c1-16(28-13-24(31)18-3-2-4-20(26)11-18)9-17-5-6-22-19(10-17)12-23(25(32)33)30(22)14-21-7-8-27-15-29-21/h2-8,10-12,15-16,24,28,31H,9,13-14H2,1H3,(H,32,33)/t16-,24-/m1/s1. The number of carboxylic acids is 1. The van der Waals surface area contributed by atoms with Gasteiger partial charge in [0.25, 0.3) is 0 Å². The molecule has 2 aromatic carbocycles. The summed E-state index contributed by atoms with van der Waals surface area (Å²) in [5.74, 6) is -0.980. The van der Waals surface area contributed by atoms with E-state index in [1.54, 1.807) is 35.0 Å². The minimum Gasteiger partial charge on any atom is -0.477 e. The second-order valence-corrected chi connectivity index (χ2v) is 8.54. The maximum Gasteiger partial charge on any atom is 0.352 e. The number of aromatic carboxylic acids is 1. The van der Waals surface area contributed by atoms with Gasteiger partial charge in [-0.1, -0.05) is 29.8 Å². The van der Waals surface area contributed by atoms with Crippen molar-refractivity contribution in [2.45, 2.75) is 32.0 Å². The number of hydrogen-bond acceptors (Lipinski definition) is 5. The predicted octanol–water partition coefficient (Wildman–Crippen LogP) is 4.09. The number of aromatic nitrogens is 3. The fourth-order valence-electron chi connectivity index (χ4n) is 3.94. The van der Waals surface area contributed by atoms with E-state index < -0.39 is 12.1 Å². The van der Waals surface area contributed by atoms with Crippen LogP contribution < -0.4 is 5.32 Å². The Labute approximate surface area is 196 Å². The third-order valence-corrected chi connectivity index (χ3v) is 5.82. The van der Waals surface area contributed by atoms with Crippen LogP contribution in [0.2, 0.25) is 5.02 Å². The van der Waals surface area contributed by atoms with Gasteiger partial charge in [-0.05, 0) is 60.9 Å². The molecular formula is C25H25ClN4O3. The predicted molar refractivity (Wildman–Crippen MR) is 128 cm³/mol. The highest BCUT2D eigenvalue weighted by atomic mass is 35.5. The molecule has 0 aliphatic carbocycles. The number of nitrogens with zero attached hydrogens (tertiary/aromatic N) is 3. The second-order valence-electron chi connectivity index (χ2n) is 8.10. The molecule has 33 heavy (non-hydrogen) atoms. The van der Waals surface area contributed by atoms with Gasteiger partial charge in [-0.25, -0.2) is 14.8 Å². The minimum absolute atomic E-state index is 0.110. The zero-order valence-electron chi connectivity index (χ0n) is 18.1. The Morgan fingerprint density at radius 2 is 2.03 bits per heavy atom. The quantitative estimate of drug-likeness (QED) is 0.345. The summed E-state index contributed by atoms with van der Waals surface area (Å²) in [6, 6.07) is 16.8. The number of aliphatic hydroxyl groups is 1. The Balaban J connectivity index is 1.47. The molecule has 2 heterocycles. The van der Waals surface area contributed by atoms with E-state index >= 15 is 0 Å². The highest BCUT2D eigenvalue weighted by Crippen LogP contribution is 2.24. The SMILES string of the molecule is C[C@H](Cc1ccc2c(c1)cc(C(=O)O)n2Cc1ccncn1)NC[C@@H](O)c1cccc(Cl)c1. The van der Waals surface area contributed by atoms with Crippen molar-refractivity contribution < 1.29 is 15.0 Å². The average Bonchev–Trinajstić information content (AvgIpc) is 3.16. The Kier molecular flexibility index (Phi) is 7.03. The molecule has 0 fully saturated rings. The number of carbonyl (C=O) groups is 1. The second kappa shape index (κ2) is 10.1. The van der Waals surface area contributed by atoms with Gasteiger partial charge in [-0.15, -0.1) is 0 Å². The molecule has 0 saturated heterocycles. The number of aliphatic hydroxyl groups excluding tert-OH is 1. The van der Waals surface area contributed by atoms with Gasteiger partial charge in [0.2, 0.25) is 0 Å². The zero-order chi connectivity index (χ0) is 23.4. The molecule has 4 aromatic rings. The van der Waals surface area contributed by atoms with Gasteiger partial charge in [0.1, 0.15) is 12.0 Å². The van der Waals surface area contributed by atoms with Crippen molar-refractivity contribution in [1.82, 2.24) is 19.9 Å². The van der Waals surface area contributed by atoms with Crippen LogP contribution in [0.5, 0.6) is 0 Å². The molecule has 2 atom stereocenters. The van der Waals surface area contributed by atoms with Gasteiger partial charge in [-0.3, -0.25) is 0 Å². The Bertz CT molecular complexity index is 1260. The molecule has 0 radical (unpaired) electrons.